The number of carbonyl (C=O) groups excluding carboxylic acids is 1. The maximum Gasteiger partial charge on any atom is 0.322 e. The van der Waals surface area contributed by atoms with Crippen molar-refractivity contribution in [2.45, 2.75) is 38.5 Å². The van der Waals surface area contributed by atoms with Crippen molar-refractivity contribution in [3.8, 4) is 0 Å². The monoisotopic (exact) mass is 278 g/mol. The zero-order valence-electron chi connectivity index (χ0n) is 12.1. The van der Waals surface area contributed by atoms with Gasteiger partial charge in [-0.1, -0.05) is 26.0 Å². The van der Waals surface area contributed by atoms with Crippen LogP contribution >= 0.6 is 11.8 Å². The van der Waals surface area contributed by atoms with Crippen LogP contribution in [0.25, 0.3) is 0 Å². The van der Waals surface area contributed by atoms with Gasteiger partial charge in [0.1, 0.15) is 0 Å². The number of rotatable bonds is 2. The van der Waals surface area contributed by atoms with Gasteiger partial charge in [-0.2, -0.15) is 0 Å². The largest absolute Gasteiger partial charge is 0.322 e. The summed E-state index contributed by atoms with van der Waals surface area (Å²) in [5, 5.41) is 2.98. The summed E-state index contributed by atoms with van der Waals surface area (Å²) in [6.45, 7) is 9.32. The second-order valence-electron chi connectivity index (χ2n) is 5.65. The zero-order chi connectivity index (χ0) is 14.0. The lowest BCUT2D eigenvalue weighted by Crippen LogP contribution is -2.43. The summed E-state index contributed by atoms with van der Waals surface area (Å²) in [7, 11) is 0. The van der Waals surface area contributed by atoms with E-state index in [0.29, 0.717) is 5.92 Å². The number of urea groups is 1. The van der Waals surface area contributed by atoms with Crippen LogP contribution in [0, 0.1) is 0 Å². The standard InChI is InChI=1S/C15H22N2OS/c1-11(2)12-5-7-13(8-6-12)16-14(18)17-9-10-19-15(17,3)4/h5-8,11H,9-10H2,1-4H3,(H,16,18). The van der Waals surface area contributed by atoms with Gasteiger partial charge < -0.3 is 10.2 Å². The van der Waals surface area contributed by atoms with Crippen LogP contribution in [-0.2, 0) is 0 Å². The number of nitrogens with one attached hydrogen (secondary N) is 1. The first-order chi connectivity index (χ1) is 8.90. The van der Waals surface area contributed by atoms with Crippen molar-refractivity contribution in [3.05, 3.63) is 29.8 Å². The van der Waals surface area contributed by atoms with Crippen LogP contribution in [0.3, 0.4) is 0 Å². The van der Waals surface area contributed by atoms with E-state index in [-0.39, 0.29) is 10.9 Å². The van der Waals surface area contributed by atoms with Gasteiger partial charge in [-0.25, -0.2) is 4.79 Å². The molecule has 0 aromatic heterocycles. The Balaban J connectivity index is 2.03. The Hall–Kier alpha value is -1.16. The van der Waals surface area contributed by atoms with Gasteiger partial charge in [-0.3, -0.25) is 0 Å². The van der Waals surface area contributed by atoms with E-state index in [9.17, 15) is 4.79 Å². The van der Waals surface area contributed by atoms with Crippen LogP contribution in [0.2, 0.25) is 0 Å². The minimum absolute atomic E-state index is 0.00713. The fourth-order valence-corrected chi connectivity index (χ4v) is 3.33. The third kappa shape index (κ3) is 3.24. The smallest absolute Gasteiger partial charge is 0.310 e. The zero-order valence-corrected chi connectivity index (χ0v) is 12.9. The van der Waals surface area contributed by atoms with Crippen LogP contribution in [0.5, 0.6) is 0 Å². The molecule has 0 aliphatic carbocycles. The Morgan fingerprint density at radius 3 is 2.42 bits per heavy atom. The third-order valence-corrected chi connectivity index (χ3v) is 4.81. The molecule has 1 aromatic rings. The van der Waals surface area contributed by atoms with Crippen molar-refractivity contribution >= 4 is 23.5 Å². The molecule has 1 N–H and O–H groups in total. The number of amides is 2. The number of carbonyl (C=O) groups is 1. The molecule has 19 heavy (non-hydrogen) atoms. The van der Waals surface area contributed by atoms with Gasteiger partial charge in [-0.15, -0.1) is 11.8 Å². The third-order valence-electron chi connectivity index (χ3n) is 3.49. The van der Waals surface area contributed by atoms with Crippen LogP contribution in [0.15, 0.2) is 24.3 Å². The van der Waals surface area contributed by atoms with Gasteiger partial charge in [0.05, 0.1) is 4.87 Å². The molecule has 1 fully saturated rings. The number of benzene rings is 1. The Morgan fingerprint density at radius 1 is 1.32 bits per heavy atom. The number of hydrogen-bond acceptors (Lipinski definition) is 2. The molecule has 4 heteroatoms. The Morgan fingerprint density at radius 2 is 1.95 bits per heavy atom. The molecule has 0 saturated carbocycles. The van der Waals surface area contributed by atoms with Gasteiger partial charge in [-0.05, 0) is 37.5 Å². The highest BCUT2D eigenvalue weighted by molar-refractivity contribution is 8.00. The summed E-state index contributed by atoms with van der Waals surface area (Å²) in [5.74, 6) is 1.52. The number of thioether (sulfide) groups is 1. The van der Waals surface area contributed by atoms with Crippen LogP contribution in [0.1, 0.15) is 39.2 Å². The Bertz CT molecular complexity index is 454. The van der Waals surface area contributed by atoms with Gasteiger partial charge in [0.25, 0.3) is 0 Å². The van der Waals surface area contributed by atoms with Crippen molar-refractivity contribution in [1.29, 1.82) is 0 Å². The predicted octanol–water partition coefficient (Wildman–Crippen LogP) is 4.13. The van der Waals surface area contributed by atoms with E-state index in [1.807, 2.05) is 28.8 Å². The van der Waals surface area contributed by atoms with E-state index in [1.165, 1.54) is 5.56 Å². The van der Waals surface area contributed by atoms with Crippen LogP contribution < -0.4 is 5.32 Å². The lowest BCUT2D eigenvalue weighted by Gasteiger charge is -2.30. The molecule has 1 aromatic carbocycles. The molecule has 0 atom stereocenters. The summed E-state index contributed by atoms with van der Waals surface area (Å²) >= 11 is 1.82. The highest BCUT2D eigenvalue weighted by Gasteiger charge is 2.36. The molecule has 104 valence electrons. The Labute approximate surface area is 119 Å². The molecular weight excluding hydrogens is 256 g/mol. The fraction of sp³-hybridized carbons (Fsp3) is 0.533. The predicted molar refractivity (Wildman–Crippen MR) is 82.8 cm³/mol. The molecule has 0 unspecified atom stereocenters. The normalized spacial score (nSPS) is 17.8. The molecule has 0 spiro atoms. The van der Waals surface area contributed by atoms with E-state index < -0.39 is 0 Å². The maximum atomic E-state index is 12.3. The van der Waals surface area contributed by atoms with Crippen molar-refractivity contribution in [1.82, 2.24) is 4.90 Å². The summed E-state index contributed by atoms with van der Waals surface area (Å²) in [6.07, 6.45) is 0. The molecule has 0 radical (unpaired) electrons. The lowest BCUT2D eigenvalue weighted by atomic mass is 10.0. The van der Waals surface area contributed by atoms with E-state index in [2.05, 4.69) is 45.1 Å². The number of anilines is 1. The summed E-state index contributed by atoms with van der Waals surface area (Å²) in [5.41, 5.74) is 2.15. The Kier molecular flexibility index (Phi) is 4.09. The number of hydrogen-bond donors (Lipinski definition) is 1. The maximum absolute atomic E-state index is 12.3. The fourth-order valence-electron chi connectivity index (χ4n) is 2.22. The first-order valence-corrected chi connectivity index (χ1v) is 7.71. The summed E-state index contributed by atoms with van der Waals surface area (Å²) < 4.78 is 0. The molecule has 1 aliphatic heterocycles. The van der Waals surface area contributed by atoms with Gasteiger partial charge in [0, 0.05) is 18.0 Å². The SMILES string of the molecule is CC(C)c1ccc(NC(=O)N2CCSC2(C)C)cc1. The first-order valence-electron chi connectivity index (χ1n) is 6.73. The lowest BCUT2D eigenvalue weighted by molar-refractivity contribution is 0.198. The van der Waals surface area contributed by atoms with Gasteiger partial charge in [0.2, 0.25) is 0 Å². The second-order valence-corrected chi connectivity index (χ2v) is 7.35. The molecule has 1 aliphatic rings. The highest BCUT2D eigenvalue weighted by Crippen LogP contribution is 2.35. The summed E-state index contributed by atoms with van der Waals surface area (Å²) in [6, 6.07) is 8.09. The van der Waals surface area contributed by atoms with E-state index in [0.717, 1.165) is 18.0 Å². The minimum Gasteiger partial charge on any atom is -0.310 e. The van der Waals surface area contributed by atoms with Crippen molar-refractivity contribution < 1.29 is 4.79 Å². The second kappa shape index (κ2) is 5.45. The average Bonchev–Trinajstić information content (AvgIpc) is 2.69. The molecule has 1 heterocycles. The van der Waals surface area contributed by atoms with Crippen molar-refractivity contribution in [2.24, 2.45) is 0 Å². The first kappa shape index (κ1) is 14.3. The highest BCUT2D eigenvalue weighted by atomic mass is 32.2. The molecule has 3 nitrogen and oxygen atoms in total. The van der Waals surface area contributed by atoms with E-state index in [4.69, 9.17) is 0 Å². The molecule has 1 saturated heterocycles. The molecular formula is C15H22N2OS. The minimum atomic E-state index is -0.109. The van der Waals surface area contributed by atoms with E-state index in [1.54, 1.807) is 0 Å². The van der Waals surface area contributed by atoms with Crippen molar-refractivity contribution in [2.75, 3.05) is 17.6 Å². The summed E-state index contributed by atoms with van der Waals surface area (Å²) in [4.78, 5) is 14.0. The van der Waals surface area contributed by atoms with E-state index >= 15 is 0 Å². The topological polar surface area (TPSA) is 32.3 Å². The van der Waals surface area contributed by atoms with Crippen LogP contribution in [-0.4, -0.2) is 28.1 Å². The molecule has 2 amide bonds. The van der Waals surface area contributed by atoms with Gasteiger partial charge in [0.15, 0.2) is 0 Å². The average molecular weight is 278 g/mol. The molecule has 2 rings (SSSR count). The van der Waals surface area contributed by atoms with Crippen molar-refractivity contribution in [3.63, 3.8) is 0 Å². The van der Waals surface area contributed by atoms with Crippen LogP contribution in [0.4, 0.5) is 10.5 Å². The van der Waals surface area contributed by atoms with Gasteiger partial charge >= 0.3 is 6.03 Å². The number of nitrogens with zero attached hydrogens (tertiary/aromatic N) is 1. The molecule has 0 bridgehead atoms. The quantitative estimate of drug-likeness (QED) is 0.882.